The third-order valence-electron chi connectivity index (χ3n) is 2.64. The van der Waals surface area contributed by atoms with Gasteiger partial charge in [0.05, 0.1) is 11.1 Å². The van der Waals surface area contributed by atoms with Crippen LogP contribution in [-0.4, -0.2) is 20.2 Å². The summed E-state index contributed by atoms with van der Waals surface area (Å²) >= 11 is 4.85. The minimum atomic E-state index is -0.336. The highest BCUT2D eigenvalue weighted by molar-refractivity contribution is 7.71. The van der Waals surface area contributed by atoms with Gasteiger partial charge in [0.1, 0.15) is 5.82 Å². The van der Waals surface area contributed by atoms with Crippen LogP contribution in [0.4, 0.5) is 4.39 Å². The second-order valence-electron chi connectivity index (χ2n) is 3.91. The van der Waals surface area contributed by atoms with Crippen molar-refractivity contribution in [2.24, 2.45) is 0 Å². The summed E-state index contributed by atoms with van der Waals surface area (Å²) < 4.78 is 13.1. The van der Waals surface area contributed by atoms with E-state index in [2.05, 4.69) is 20.2 Å². The number of hydrogen-bond acceptors (Lipinski definition) is 4. The van der Waals surface area contributed by atoms with Crippen LogP contribution in [0.1, 0.15) is 0 Å². The van der Waals surface area contributed by atoms with Gasteiger partial charge in [0.2, 0.25) is 0 Å². The maximum absolute atomic E-state index is 12.9. The Kier molecular flexibility index (Phi) is 2.68. The molecule has 3 rings (SSSR count). The lowest BCUT2D eigenvalue weighted by Gasteiger charge is -2.01. The molecule has 0 aliphatic carbocycles. The van der Waals surface area contributed by atoms with Gasteiger partial charge in [-0.1, -0.05) is 0 Å². The number of aromatic nitrogens is 4. The van der Waals surface area contributed by atoms with E-state index in [0.29, 0.717) is 22.3 Å². The summed E-state index contributed by atoms with van der Waals surface area (Å²) in [6, 6.07) is 7.38. The zero-order chi connectivity index (χ0) is 13.4. The third-order valence-corrected chi connectivity index (χ3v) is 2.84. The monoisotopic (exact) mass is 274 g/mol. The van der Waals surface area contributed by atoms with Crippen LogP contribution in [0.3, 0.4) is 0 Å². The van der Waals surface area contributed by atoms with E-state index in [1.807, 2.05) is 0 Å². The molecule has 0 atom stereocenters. The van der Waals surface area contributed by atoms with Gasteiger partial charge in [0.25, 0.3) is 5.56 Å². The topological polar surface area (TPSA) is 74.4 Å². The lowest BCUT2D eigenvalue weighted by atomic mass is 10.1. The van der Waals surface area contributed by atoms with Gasteiger partial charge in [-0.05, 0) is 42.5 Å². The van der Waals surface area contributed by atoms with Crippen molar-refractivity contribution in [3.63, 3.8) is 0 Å². The molecule has 0 unspecified atom stereocenters. The molecule has 0 radical (unpaired) electrons. The molecular formula is C12H7FN4OS. The molecule has 0 aliphatic rings. The van der Waals surface area contributed by atoms with Crippen molar-refractivity contribution in [3.8, 4) is 11.3 Å². The predicted molar refractivity (Wildman–Crippen MR) is 70.7 cm³/mol. The van der Waals surface area contributed by atoms with Crippen molar-refractivity contribution in [1.29, 1.82) is 0 Å². The first kappa shape index (κ1) is 11.7. The lowest BCUT2D eigenvalue weighted by Crippen LogP contribution is -2.09. The highest BCUT2D eigenvalue weighted by Crippen LogP contribution is 2.18. The van der Waals surface area contributed by atoms with Crippen molar-refractivity contribution in [2.45, 2.75) is 0 Å². The summed E-state index contributed by atoms with van der Waals surface area (Å²) in [5.41, 5.74) is 1.15. The van der Waals surface area contributed by atoms with Crippen LogP contribution in [0.2, 0.25) is 0 Å². The maximum atomic E-state index is 12.9. The number of fused-ring (bicyclic) bond motifs is 1. The van der Waals surface area contributed by atoms with E-state index in [1.54, 1.807) is 18.2 Å². The van der Waals surface area contributed by atoms with Gasteiger partial charge in [0.15, 0.2) is 10.4 Å². The molecular weight excluding hydrogens is 267 g/mol. The molecule has 1 aromatic carbocycles. The second kappa shape index (κ2) is 4.36. The molecule has 2 heterocycles. The number of rotatable bonds is 1. The minimum absolute atomic E-state index is 0.196. The summed E-state index contributed by atoms with van der Waals surface area (Å²) in [5, 5.41) is 8.25. The number of nitrogens with one attached hydrogen (secondary N) is 2. The first-order valence-corrected chi connectivity index (χ1v) is 5.80. The Hall–Kier alpha value is -2.41. The maximum Gasteiger partial charge on any atom is 0.261 e. The third kappa shape index (κ3) is 2.15. The molecule has 0 bridgehead atoms. The number of aromatic amines is 2. The van der Waals surface area contributed by atoms with Crippen LogP contribution in [0.15, 0.2) is 35.1 Å². The average Bonchev–Trinajstić information content (AvgIpc) is 2.39. The van der Waals surface area contributed by atoms with Crippen LogP contribution in [0.25, 0.3) is 22.3 Å². The van der Waals surface area contributed by atoms with Crippen molar-refractivity contribution in [1.82, 2.24) is 20.2 Å². The fourth-order valence-electron chi connectivity index (χ4n) is 1.73. The van der Waals surface area contributed by atoms with Crippen molar-refractivity contribution in [2.75, 3.05) is 0 Å². The molecule has 5 nitrogen and oxygen atoms in total. The van der Waals surface area contributed by atoms with Crippen LogP contribution in [0, 0.1) is 10.6 Å². The highest BCUT2D eigenvalue weighted by Gasteiger charge is 2.06. The Balaban J connectivity index is 2.24. The van der Waals surface area contributed by atoms with E-state index in [9.17, 15) is 9.18 Å². The zero-order valence-electron chi connectivity index (χ0n) is 9.48. The Morgan fingerprint density at radius 2 is 1.84 bits per heavy atom. The predicted octanol–water partition coefficient (Wildman–Crippen LogP) is 2.18. The van der Waals surface area contributed by atoms with Crippen molar-refractivity contribution < 1.29 is 4.39 Å². The smallest absolute Gasteiger partial charge is 0.261 e. The lowest BCUT2D eigenvalue weighted by molar-refractivity contribution is 0.628. The fourth-order valence-corrected chi connectivity index (χ4v) is 1.92. The summed E-state index contributed by atoms with van der Waals surface area (Å²) in [6.07, 6.45) is 0. The number of hydrogen-bond donors (Lipinski definition) is 2. The SMILES string of the molecule is O=c1[nH]c(=S)[nH]c2nnc(-c3ccc(F)cc3)cc12. The van der Waals surface area contributed by atoms with Crippen LogP contribution in [-0.2, 0) is 0 Å². The van der Waals surface area contributed by atoms with Crippen LogP contribution < -0.4 is 5.56 Å². The molecule has 0 saturated carbocycles. The normalized spacial score (nSPS) is 10.8. The molecule has 2 N–H and O–H groups in total. The quantitative estimate of drug-likeness (QED) is 0.667. The Morgan fingerprint density at radius 1 is 1.11 bits per heavy atom. The summed E-state index contributed by atoms with van der Waals surface area (Å²) in [6.45, 7) is 0. The van der Waals surface area contributed by atoms with Crippen LogP contribution in [0.5, 0.6) is 0 Å². The van der Waals surface area contributed by atoms with E-state index in [1.165, 1.54) is 12.1 Å². The molecule has 94 valence electrons. The molecule has 2 aromatic heterocycles. The number of halogens is 1. The van der Waals surface area contributed by atoms with E-state index >= 15 is 0 Å². The fraction of sp³-hybridized carbons (Fsp3) is 0. The number of benzene rings is 1. The minimum Gasteiger partial charge on any atom is -0.315 e. The number of H-pyrrole nitrogens is 2. The van der Waals surface area contributed by atoms with Crippen LogP contribution >= 0.6 is 12.2 Å². The molecule has 0 amide bonds. The Bertz CT molecular complexity index is 869. The second-order valence-corrected chi connectivity index (χ2v) is 4.32. The van der Waals surface area contributed by atoms with Gasteiger partial charge in [-0.3, -0.25) is 9.78 Å². The standard InChI is InChI=1S/C12H7FN4OS/c13-7-3-1-6(2-4-7)9-5-8-10(17-16-9)14-12(19)15-11(8)18/h1-5H,(H2,14,15,17,18,19). The molecule has 0 aliphatic heterocycles. The summed E-state index contributed by atoms with van der Waals surface area (Å²) in [5.74, 6) is -0.334. The van der Waals surface area contributed by atoms with Gasteiger partial charge < -0.3 is 4.98 Å². The zero-order valence-corrected chi connectivity index (χ0v) is 10.3. The van der Waals surface area contributed by atoms with E-state index < -0.39 is 0 Å². The highest BCUT2D eigenvalue weighted by atomic mass is 32.1. The van der Waals surface area contributed by atoms with Gasteiger partial charge in [-0.2, -0.15) is 0 Å². The molecule has 7 heteroatoms. The van der Waals surface area contributed by atoms with Crippen molar-refractivity contribution >= 4 is 23.3 Å². The summed E-state index contributed by atoms with van der Waals surface area (Å²) in [4.78, 5) is 17.0. The van der Waals surface area contributed by atoms with Gasteiger partial charge in [-0.25, -0.2) is 4.39 Å². The van der Waals surface area contributed by atoms with Gasteiger partial charge in [0, 0.05) is 5.56 Å². The molecule has 19 heavy (non-hydrogen) atoms. The first-order valence-electron chi connectivity index (χ1n) is 5.39. The molecule has 3 aromatic rings. The van der Waals surface area contributed by atoms with Crippen molar-refractivity contribution in [3.05, 3.63) is 51.3 Å². The first-order chi connectivity index (χ1) is 9.13. The molecule has 0 spiro atoms. The van der Waals surface area contributed by atoms with E-state index in [4.69, 9.17) is 12.2 Å². The van der Waals surface area contributed by atoms with E-state index in [0.717, 1.165) is 0 Å². The molecule has 0 saturated heterocycles. The van der Waals surface area contributed by atoms with Gasteiger partial charge in [-0.15, -0.1) is 10.2 Å². The Labute approximate surface area is 111 Å². The molecule has 0 fully saturated rings. The summed E-state index contributed by atoms with van der Waals surface area (Å²) in [7, 11) is 0. The Morgan fingerprint density at radius 3 is 2.58 bits per heavy atom. The van der Waals surface area contributed by atoms with E-state index in [-0.39, 0.29) is 16.1 Å². The van der Waals surface area contributed by atoms with Gasteiger partial charge >= 0.3 is 0 Å². The average molecular weight is 274 g/mol. The number of nitrogens with zero attached hydrogens (tertiary/aromatic N) is 2. The largest absolute Gasteiger partial charge is 0.315 e.